The summed E-state index contributed by atoms with van der Waals surface area (Å²) in [4.78, 5) is 36.3. The summed E-state index contributed by atoms with van der Waals surface area (Å²) in [6.07, 6.45) is 0. The molecule has 0 aliphatic carbocycles. The number of hydrogen-bond donors (Lipinski definition) is 1. The van der Waals surface area contributed by atoms with Gasteiger partial charge in [0.2, 0.25) is 0 Å². The molecule has 1 N–H and O–H groups in total. The standard InChI is InChI=1S/C17H16FNO5S/c1-3-24-14(20)9-19-16(21)15-12(17(22)23-2)8-13(25-15)10-4-6-11(18)7-5-10/h4-8H,3,9H2,1-2H3,(H,19,21). The fourth-order valence-electron chi connectivity index (χ4n) is 2.02. The first-order valence-electron chi connectivity index (χ1n) is 7.38. The molecule has 8 heteroatoms. The van der Waals surface area contributed by atoms with Gasteiger partial charge in [-0.2, -0.15) is 0 Å². The maximum Gasteiger partial charge on any atom is 0.339 e. The summed E-state index contributed by atoms with van der Waals surface area (Å²) in [5.41, 5.74) is 0.731. The van der Waals surface area contributed by atoms with Gasteiger partial charge in [-0.3, -0.25) is 9.59 Å². The van der Waals surface area contributed by atoms with Crippen LogP contribution < -0.4 is 5.32 Å². The Labute approximate surface area is 147 Å². The van der Waals surface area contributed by atoms with Gasteiger partial charge in [-0.15, -0.1) is 11.3 Å². The minimum absolute atomic E-state index is 0.0770. The molecule has 0 bridgehead atoms. The van der Waals surface area contributed by atoms with Crippen LogP contribution in [0.15, 0.2) is 30.3 Å². The zero-order chi connectivity index (χ0) is 18.4. The van der Waals surface area contributed by atoms with Crippen LogP contribution in [0.1, 0.15) is 27.0 Å². The minimum Gasteiger partial charge on any atom is -0.465 e. The second-order valence-corrected chi connectivity index (χ2v) is 5.89. The van der Waals surface area contributed by atoms with Crippen molar-refractivity contribution in [3.8, 4) is 10.4 Å². The number of nitrogens with one attached hydrogen (secondary N) is 1. The van der Waals surface area contributed by atoms with Crippen molar-refractivity contribution in [2.75, 3.05) is 20.3 Å². The first-order chi connectivity index (χ1) is 12.0. The molecule has 0 aliphatic heterocycles. The number of halogens is 1. The summed E-state index contributed by atoms with van der Waals surface area (Å²) in [6.45, 7) is 1.55. The Bertz CT molecular complexity index is 785. The van der Waals surface area contributed by atoms with Crippen LogP contribution in [0.4, 0.5) is 4.39 Å². The Morgan fingerprint density at radius 1 is 1.20 bits per heavy atom. The lowest BCUT2D eigenvalue weighted by Gasteiger charge is -2.05. The van der Waals surface area contributed by atoms with Crippen molar-refractivity contribution in [3.63, 3.8) is 0 Å². The van der Waals surface area contributed by atoms with Crippen LogP contribution in [-0.2, 0) is 14.3 Å². The summed E-state index contributed by atoms with van der Waals surface area (Å²) >= 11 is 1.05. The third kappa shape index (κ3) is 4.63. The van der Waals surface area contributed by atoms with Gasteiger partial charge in [0.1, 0.15) is 17.2 Å². The van der Waals surface area contributed by atoms with Crippen molar-refractivity contribution in [2.45, 2.75) is 6.92 Å². The smallest absolute Gasteiger partial charge is 0.339 e. The largest absolute Gasteiger partial charge is 0.465 e. The molecule has 0 saturated carbocycles. The number of hydrogen-bond acceptors (Lipinski definition) is 6. The maximum absolute atomic E-state index is 13.1. The van der Waals surface area contributed by atoms with Gasteiger partial charge in [0, 0.05) is 4.88 Å². The quantitative estimate of drug-likeness (QED) is 0.796. The van der Waals surface area contributed by atoms with Gasteiger partial charge in [-0.25, -0.2) is 9.18 Å². The number of esters is 2. The Balaban J connectivity index is 2.29. The van der Waals surface area contributed by atoms with Crippen LogP contribution in [0, 0.1) is 5.82 Å². The van der Waals surface area contributed by atoms with E-state index in [9.17, 15) is 18.8 Å². The van der Waals surface area contributed by atoms with E-state index in [1.54, 1.807) is 19.1 Å². The molecule has 1 amide bonds. The van der Waals surface area contributed by atoms with E-state index in [2.05, 4.69) is 5.32 Å². The Kier molecular flexibility index (Phi) is 6.24. The highest BCUT2D eigenvalue weighted by Crippen LogP contribution is 2.32. The lowest BCUT2D eigenvalue weighted by Crippen LogP contribution is -2.31. The fraction of sp³-hybridized carbons (Fsp3) is 0.235. The average molecular weight is 365 g/mol. The number of carbonyl (C=O) groups is 3. The summed E-state index contributed by atoms with van der Waals surface area (Å²) in [5, 5.41) is 2.41. The molecule has 6 nitrogen and oxygen atoms in total. The lowest BCUT2D eigenvalue weighted by molar-refractivity contribution is -0.141. The van der Waals surface area contributed by atoms with Crippen LogP contribution >= 0.6 is 11.3 Å². The molecule has 132 valence electrons. The Morgan fingerprint density at radius 2 is 1.88 bits per heavy atom. The molecule has 0 atom stereocenters. The van der Waals surface area contributed by atoms with E-state index in [1.807, 2.05) is 0 Å². The molecule has 0 unspecified atom stereocenters. The van der Waals surface area contributed by atoms with Crippen molar-refractivity contribution >= 4 is 29.2 Å². The highest BCUT2D eigenvalue weighted by molar-refractivity contribution is 7.17. The maximum atomic E-state index is 13.1. The third-order valence-corrected chi connectivity index (χ3v) is 4.35. The molecule has 2 aromatic rings. The van der Waals surface area contributed by atoms with E-state index in [1.165, 1.54) is 25.3 Å². The molecule has 0 spiro atoms. The average Bonchev–Trinajstić information content (AvgIpc) is 3.05. The molecular weight excluding hydrogens is 349 g/mol. The zero-order valence-corrected chi connectivity index (χ0v) is 14.4. The first kappa shape index (κ1) is 18.6. The van der Waals surface area contributed by atoms with Crippen LogP contribution in [0.2, 0.25) is 0 Å². The predicted molar refractivity (Wildman–Crippen MR) is 90.0 cm³/mol. The van der Waals surface area contributed by atoms with E-state index in [-0.39, 0.29) is 29.4 Å². The van der Waals surface area contributed by atoms with E-state index in [0.29, 0.717) is 10.4 Å². The number of ether oxygens (including phenoxy) is 2. The molecule has 1 aromatic carbocycles. The lowest BCUT2D eigenvalue weighted by atomic mass is 10.1. The van der Waals surface area contributed by atoms with E-state index >= 15 is 0 Å². The van der Waals surface area contributed by atoms with Crippen molar-refractivity contribution in [3.05, 3.63) is 46.6 Å². The van der Waals surface area contributed by atoms with Gasteiger partial charge in [0.25, 0.3) is 5.91 Å². The molecule has 1 aromatic heterocycles. The number of thiophene rings is 1. The second-order valence-electron chi connectivity index (χ2n) is 4.84. The molecule has 0 saturated heterocycles. The van der Waals surface area contributed by atoms with Gasteiger partial charge in [-0.1, -0.05) is 12.1 Å². The molecular formula is C17H16FNO5S. The zero-order valence-electron chi connectivity index (χ0n) is 13.6. The number of benzene rings is 1. The predicted octanol–water partition coefficient (Wildman–Crippen LogP) is 2.63. The molecule has 0 aliphatic rings. The number of amides is 1. The number of methoxy groups -OCH3 is 1. The highest BCUT2D eigenvalue weighted by atomic mass is 32.1. The molecule has 25 heavy (non-hydrogen) atoms. The summed E-state index contributed by atoms with van der Waals surface area (Å²) in [7, 11) is 1.21. The fourth-order valence-corrected chi connectivity index (χ4v) is 3.09. The number of rotatable bonds is 6. The third-order valence-electron chi connectivity index (χ3n) is 3.17. The van der Waals surface area contributed by atoms with Crippen molar-refractivity contribution in [1.29, 1.82) is 0 Å². The summed E-state index contributed by atoms with van der Waals surface area (Å²) < 4.78 is 22.5. The van der Waals surface area contributed by atoms with Crippen molar-refractivity contribution in [1.82, 2.24) is 5.32 Å². The van der Waals surface area contributed by atoms with Gasteiger partial charge >= 0.3 is 11.9 Å². The summed E-state index contributed by atoms with van der Waals surface area (Å²) in [6, 6.07) is 7.16. The molecule has 2 rings (SSSR count). The summed E-state index contributed by atoms with van der Waals surface area (Å²) in [5.74, 6) is -2.23. The van der Waals surface area contributed by atoms with Crippen LogP contribution in [0.5, 0.6) is 0 Å². The van der Waals surface area contributed by atoms with E-state index < -0.39 is 17.8 Å². The van der Waals surface area contributed by atoms with Gasteiger partial charge in [0.05, 0.1) is 19.3 Å². The van der Waals surface area contributed by atoms with E-state index in [0.717, 1.165) is 11.3 Å². The normalized spacial score (nSPS) is 10.2. The topological polar surface area (TPSA) is 81.7 Å². The molecule has 0 fully saturated rings. The Morgan fingerprint density at radius 3 is 2.48 bits per heavy atom. The molecule has 0 radical (unpaired) electrons. The monoisotopic (exact) mass is 365 g/mol. The minimum atomic E-state index is -0.675. The first-order valence-corrected chi connectivity index (χ1v) is 8.19. The second kappa shape index (κ2) is 8.39. The van der Waals surface area contributed by atoms with Crippen LogP contribution in [-0.4, -0.2) is 38.1 Å². The van der Waals surface area contributed by atoms with E-state index in [4.69, 9.17) is 9.47 Å². The van der Waals surface area contributed by atoms with Gasteiger partial charge < -0.3 is 14.8 Å². The van der Waals surface area contributed by atoms with Crippen molar-refractivity contribution in [2.24, 2.45) is 0 Å². The van der Waals surface area contributed by atoms with Crippen LogP contribution in [0.25, 0.3) is 10.4 Å². The van der Waals surface area contributed by atoms with Crippen LogP contribution in [0.3, 0.4) is 0 Å². The Hall–Kier alpha value is -2.74. The SMILES string of the molecule is CCOC(=O)CNC(=O)c1sc(-c2ccc(F)cc2)cc1C(=O)OC. The van der Waals surface area contributed by atoms with Crippen molar-refractivity contribution < 1.29 is 28.2 Å². The molecule has 1 heterocycles. The van der Waals surface area contributed by atoms with Gasteiger partial charge in [-0.05, 0) is 30.7 Å². The highest BCUT2D eigenvalue weighted by Gasteiger charge is 2.23. The van der Waals surface area contributed by atoms with Gasteiger partial charge in [0.15, 0.2) is 0 Å². The number of carbonyl (C=O) groups excluding carboxylic acids is 3.